The Hall–Kier alpha value is -5.08. The second kappa shape index (κ2) is 14.0. The lowest BCUT2D eigenvalue weighted by atomic mass is 9.83. The first kappa shape index (κ1) is 32.8. The Bertz CT molecular complexity index is 1920. The molecule has 0 saturated carbocycles. The van der Waals surface area contributed by atoms with Crippen LogP contribution in [0.5, 0.6) is 17.2 Å². The number of thiazole rings is 1. The number of benzene rings is 3. The second-order valence-corrected chi connectivity index (χ2v) is 12.9. The van der Waals surface area contributed by atoms with Gasteiger partial charge in [0.05, 0.1) is 42.5 Å². The minimum Gasteiger partial charge on any atom is -0.497 e. The Kier molecular flexibility index (Phi) is 9.55. The van der Waals surface area contributed by atoms with Gasteiger partial charge in [-0.1, -0.05) is 29.2 Å². The lowest BCUT2D eigenvalue weighted by Crippen LogP contribution is -2.32. The van der Waals surface area contributed by atoms with Gasteiger partial charge in [0.15, 0.2) is 18.1 Å². The summed E-state index contributed by atoms with van der Waals surface area (Å²) in [6.07, 6.45) is 0. The van der Waals surface area contributed by atoms with E-state index in [1.807, 2.05) is 0 Å². The number of nitrogens with zero attached hydrogens (tertiary/aromatic N) is 1. The summed E-state index contributed by atoms with van der Waals surface area (Å²) in [7, 11) is 1.56. The van der Waals surface area contributed by atoms with Crippen LogP contribution in [0.1, 0.15) is 40.6 Å². The smallest absolute Gasteiger partial charge is 0.338 e. The van der Waals surface area contributed by atoms with Crippen molar-refractivity contribution in [3.8, 4) is 17.2 Å². The molecule has 3 unspecified atom stereocenters. The first-order valence-corrected chi connectivity index (χ1v) is 16.8. The van der Waals surface area contributed by atoms with Gasteiger partial charge in [-0.25, -0.2) is 9.69 Å². The number of aromatic amines is 1. The fourth-order valence-corrected chi connectivity index (χ4v) is 8.23. The molecule has 3 atom stereocenters. The molecule has 1 aromatic heterocycles. The van der Waals surface area contributed by atoms with Crippen LogP contribution in [-0.4, -0.2) is 60.9 Å². The minimum absolute atomic E-state index is 0.218. The molecular formula is C34H31N3O9S2. The average molecular weight is 690 g/mol. The van der Waals surface area contributed by atoms with E-state index in [1.54, 1.807) is 75.6 Å². The van der Waals surface area contributed by atoms with E-state index in [2.05, 4.69) is 10.3 Å². The molecule has 248 valence electrons. The molecular weight excluding hydrogens is 659 g/mol. The number of rotatable bonds is 11. The highest BCUT2D eigenvalue weighted by atomic mass is 32.2. The Morgan fingerprint density at radius 2 is 1.65 bits per heavy atom. The maximum absolute atomic E-state index is 14.1. The lowest BCUT2D eigenvalue weighted by molar-refractivity contribution is -0.122. The van der Waals surface area contributed by atoms with E-state index >= 15 is 0 Å². The number of fused-ring (bicyclic) bond motifs is 2. The van der Waals surface area contributed by atoms with Gasteiger partial charge in [0, 0.05) is 16.5 Å². The van der Waals surface area contributed by atoms with Gasteiger partial charge in [0.25, 0.3) is 5.91 Å². The highest BCUT2D eigenvalue weighted by Gasteiger charge is 2.56. The van der Waals surface area contributed by atoms with Crippen molar-refractivity contribution in [3.63, 3.8) is 0 Å². The number of amides is 3. The minimum atomic E-state index is -0.831. The van der Waals surface area contributed by atoms with Crippen molar-refractivity contribution in [1.29, 1.82) is 0 Å². The van der Waals surface area contributed by atoms with E-state index in [0.29, 0.717) is 56.3 Å². The Morgan fingerprint density at radius 1 is 0.896 bits per heavy atom. The third kappa shape index (κ3) is 6.40. The summed E-state index contributed by atoms with van der Waals surface area (Å²) in [6, 6.07) is 18.1. The quantitative estimate of drug-likeness (QED) is 0.165. The summed E-state index contributed by atoms with van der Waals surface area (Å²) in [5.41, 5.74) is 1.85. The van der Waals surface area contributed by atoms with Crippen LogP contribution in [0.2, 0.25) is 0 Å². The topological polar surface area (TPSA) is 153 Å². The molecule has 0 spiro atoms. The number of carbonyl (C=O) groups excluding carboxylic acids is 4. The highest BCUT2D eigenvalue weighted by Crippen LogP contribution is 2.53. The van der Waals surface area contributed by atoms with Gasteiger partial charge in [-0.2, -0.15) is 0 Å². The maximum Gasteiger partial charge on any atom is 0.338 e. The molecule has 0 aliphatic carbocycles. The number of esters is 1. The van der Waals surface area contributed by atoms with E-state index in [0.717, 1.165) is 28.0 Å². The molecule has 0 bridgehead atoms. The predicted molar refractivity (Wildman–Crippen MR) is 180 cm³/mol. The van der Waals surface area contributed by atoms with E-state index in [9.17, 15) is 24.0 Å². The number of nitrogens with one attached hydrogen (secondary N) is 2. The molecule has 48 heavy (non-hydrogen) atoms. The van der Waals surface area contributed by atoms with Gasteiger partial charge in [-0.3, -0.25) is 19.2 Å². The highest BCUT2D eigenvalue weighted by molar-refractivity contribution is 8.00. The number of H-pyrrole nitrogens is 1. The van der Waals surface area contributed by atoms with Crippen molar-refractivity contribution in [2.75, 3.05) is 37.1 Å². The van der Waals surface area contributed by atoms with Crippen LogP contribution in [-0.2, 0) is 19.1 Å². The van der Waals surface area contributed by atoms with Crippen molar-refractivity contribution in [2.45, 2.75) is 30.0 Å². The van der Waals surface area contributed by atoms with Gasteiger partial charge in [0.1, 0.15) is 11.0 Å². The van der Waals surface area contributed by atoms with Crippen molar-refractivity contribution < 1.29 is 38.1 Å². The van der Waals surface area contributed by atoms with Gasteiger partial charge >= 0.3 is 10.8 Å². The number of ether oxygens (including phenoxy) is 4. The number of anilines is 2. The lowest BCUT2D eigenvalue weighted by Gasteiger charge is -2.30. The molecule has 1 fully saturated rings. The van der Waals surface area contributed by atoms with Gasteiger partial charge in [0.2, 0.25) is 11.8 Å². The summed E-state index contributed by atoms with van der Waals surface area (Å²) in [5, 5.41) is 2.49. The second-order valence-electron chi connectivity index (χ2n) is 10.7. The number of hydrogen-bond donors (Lipinski definition) is 2. The molecule has 2 aliphatic rings. The number of methoxy groups -OCH3 is 1. The molecule has 2 aliphatic heterocycles. The SMILES string of the molecule is CCOC(=O)c1ccc(N2C(=O)C3Sc4[nH]c(=O)sc4C(c4ccc(OCC(=O)Nc5ccc(OC)cc5)c(OCC)c4)C3C2=O)cc1. The van der Waals surface area contributed by atoms with Crippen molar-refractivity contribution in [1.82, 2.24) is 4.98 Å². The largest absolute Gasteiger partial charge is 0.497 e. The summed E-state index contributed by atoms with van der Waals surface area (Å²) < 4.78 is 21.9. The monoisotopic (exact) mass is 689 g/mol. The fourth-order valence-electron chi connectivity index (χ4n) is 5.71. The van der Waals surface area contributed by atoms with Crippen molar-refractivity contribution >= 4 is 58.2 Å². The van der Waals surface area contributed by atoms with Crippen LogP contribution in [0.15, 0.2) is 76.6 Å². The number of imide groups is 1. The maximum atomic E-state index is 14.1. The Labute approximate surface area is 283 Å². The standard InChI is InChI=1S/C34H31N3O9S2/c1-4-44-24-16-19(8-15-23(24)46-17-25(38)35-20-9-13-22(43-3)14-10-20)26-27-29(47-30-28(26)48-34(42)36-30)32(40)37(31(27)39)21-11-6-18(7-12-21)33(41)45-5-2/h6-16,26-27,29H,4-5,17H2,1-3H3,(H,35,38)(H,36,42). The van der Waals surface area contributed by atoms with Crippen LogP contribution < -0.4 is 29.3 Å². The molecule has 12 nitrogen and oxygen atoms in total. The molecule has 14 heteroatoms. The predicted octanol–water partition coefficient (Wildman–Crippen LogP) is 4.83. The Morgan fingerprint density at radius 3 is 2.33 bits per heavy atom. The number of carbonyl (C=O) groups is 4. The van der Waals surface area contributed by atoms with Crippen LogP contribution in [0.3, 0.4) is 0 Å². The van der Waals surface area contributed by atoms with Crippen LogP contribution in [0.25, 0.3) is 0 Å². The number of thioether (sulfide) groups is 1. The van der Waals surface area contributed by atoms with Crippen LogP contribution in [0, 0.1) is 5.92 Å². The van der Waals surface area contributed by atoms with Crippen LogP contribution >= 0.6 is 23.1 Å². The van der Waals surface area contributed by atoms with Gasteiger partial charge < -0.3 is 29.2 Å². The van der Waals surface area contributed by atoms with Crippen molar-refractivity contribution in [3.05, 3.63) is 92.4 Å². The first-order chi connectivity index (χ1) is 23.2. The van der Waals surface area contributed by atoms with E-state index in [4.69, 9.17) is 18.9 Å². The molecule has 3 amide bonds. The average Bonchev–Trinajstić information content (AvgIpc) is 3.58. The molecule has 3 heterocycles. The van der Waals surface area contributed by atoms with Crippen LogP contribution in [0.4, 0.5) is 11.4 Å². The molecule has 3 aromatic carbocycles. The normalized spacial score (nSPS) is 18.1. The molecule has 6 rings (SSSR count). The summed E-state index contributed by atoms with van der Waals surface area (Å²) in [6.45, 7) is 3.73. The molecule has 0 radical (unpaired) electrons. The zero-order valence-electron chi connectivity index (χ0n) is 26.1. The molecule has 1 saturated heterocycles. The third-order valence-electron chi connectivity index (χ3n) is 7.82. The Balaban J connectivity index is 1.27. The summed E-state index contributed by atoms with van der Waals surface area (Å²) in [5.74, 6) is -1.90. The van der Waals surface area contributed by atoms with E-state index in [1.165, 1.54) is 12.1 Å². The van der Waals surface area contributed by atoms with Gasteiger partial charge in [-0.05, 0) is 80.1 Å². The third-order valence-corrected chi connectivity index (χ3v) is 10.2. The molecule has 4 aromatic rings. The zero-order valence-corrected chi connectivity index (χ0v) is 27.8. The van der Waals surface area contributed by atoms with Crippen molar-refractivity contribution in [2.24, 2.45) is 5.92 Å². The van der Waals surface area contributed by atoms with Gasteiger partial charge in [-0.15, -0.1) is 0 Å². The number of aromatic nitrogens is 1. The summed E-state index contributed by atoms with van der Waals surface area (Å²) >= 11 is 2.16. The van der Waals surface area contributed by atoms with E-state index < -0.39 is 34.9 Å². The zero-order chi connectivity index (χ0) is 33.9. The first-order valence-electron chi connectivity index (χ1n) is 15.1. The molecule has 2 N–H and O–H groups in total. The summed E-state index contributed by atoms with van der Waals surface area (Å²) in [4.78, 5) is 69.6. The fraction of sp³-hybridized carbons (Fsp3) is 0.265. The number of hydrogen-bond acceptors (Lipinski definition) is 11. The van der Waals surface area contributed by atoms with E-state index in [-0.39, 0.29) is 24.0 Å².